The molecule has 0 spiro atoms. The van der Waals surface area contributed by atoms with Crippen molar-refractivity contribution >= 4 is 115 Å². The first kappa shape index (κ1) is 24.8. The molecule has 26 valence electrons. The van der Waals surface area contributed by atoms with Crippen LogP contribution in [0.4, 0.5) is 0 Å². The molecule has 0 aromatic carbocycles. The van der Waals surface area contributed by atoms with Gasteiger partial charge in [0, 0.05) is 0 Å². The van der Waals surface area contributed by atoms with E-state index in [0.717, 1.165) is 0 Å². The monoisotopic (exact) mass is 588 g/mol. The minimum absolute atomic E-state index is 0. The maximum absolute atomic E-state index is 0. The molecule has 0 aliphatic carbocycles. The van der Waals surface area contributed by atoms with Gasteiger partial charge < -0.3 is 2.85 Å². The first-order chi connectivity index (χ1) is 0. The van der Waals surface area contributed by atoms with Crippen LogP contribution in [0.5, 0.6) is 0 Å². The summed E-state index contributed by atoms with van der Waals surface area (Å²) in [7, 11) is 0. The van der Waals surface area contributed by atoms with E-state index in [1.165, 1.54) is 0 Å². The van der Waals surface area contributed by atoms with Gasteiger partial charge in [-0.3, -0.25) is 0 Å². The Balaban J connectivity index is 0. The summed E-state index contributed by atoms with van der Waals surface area (Å²) < 4.78 is 0. The SMILES string of the molecule is [BiH3].[Ca+2].[H-].[H-].[PbH2].[SnH4]. The number of hydrogen-bond donors (Lipinski definition) is 0. The zero-order valence-corrected chi connectivity index (χ0v) is 15.3. The number of rotatable bonds is 0. The molecule has 0 heterocycles. The summed E-state index contributed by atoms with van der Waals surface area (Å²) in [4.78, 5) is 0. The second kappa shape index (κ2) is 15.8. The van der Waals surface area contributed by atoms with Crippen molar-refractivity contribution in [3.63, 3.8) is 0 Å². The molecule has 0 saturated carbocycles. The van der Waals surface area contributed by atoms with Crippen LogP contribution in [0, 0.1) is 0 Å². The van der Waals surface area contributed by atoms with Gasteiger partial charge in [-0.1, -0.05) is 0 Å². The van der Waals surface area contributed by atoms with Gasteiger partial charge in [0.2, 0.25) is 0 Å². The molecule has 2 radical (unpaired) electrons. The predicted molar refractivity (Wildman–Crippen MR) is 37.8 cm³/mol. The number of hydrogen-bond acceptors (Lipinski definition) is 0. The fourth-order valence-corrected chi connectivity index (χ4v) is 0. The van der Waals surface area contributed by atoms with Crippen LogP contribution in [0.1, 0.15) is 2.85 Å². The van der Waals surface area contributed by atoms with Crippen LogP contribution in [0.25, 0.3) is 0 Å². The summed E-state index contributed by atoms with van der Waals surface area (Å²) in [5, 5.41) is 0. The van der Waals surface area contributed by atoms with Gasteiger partial charge in [0.1, 0.15) is 0 Å². The molecule has 0 bridgehead atoms. The van der Waals surface area contributed by atoms with Crippen molar-refractivity contribution in [2.45, 2.75) is 0 Å². The van der Waals surface area contributed by atoms with Crippen molar-refractivity contribution in [2.75, 3.05) is 0 Å². The summed E-state index contributed by atoms with van der Waals surface area (Å²) >= 11 is 0. The van der Waals surface area contributed by atoms with E-state index >= 15 is 0 Å². The normalized spacial score (nSPS) is 0. The third kappa shape index (κ3) is 9.29. The van der Waals surface area contributed by atoms with E-state index < -0.39 is 0 Å². The van der Waals surface area contributed by atoms with Crippen molar-refractivity contribution in [3.8, 4) is 0 Å². The van der Waals surface area contributed by atoms with Gasteiger partial charge in [0.25, 0.3) is 0 Å². The molecule has 4 heteroatoms. The van der Waals surface area contributed by atoms with Crippen molar-refractivity contribution in [3.05, 3.63) is 0 Å². The zero-order valence-electron chi connectivity index (χ0n) is 4.12. The van der Waals surface area contributed by atoms with Gasteiger partial charge in [-0.2, -0.15) is 0 Å². The molecule has 0 aromatic rings. The molecule has 0 unspecified atom stereocenters. The average molecular weight is 586 g/mol. The van der Waals surface area contributed by atoms with E-state index in [9.17, 15) is 0 Å². The Morgan fingerprint density at radius 2 is 1.25 bits per heavy atom. The summed E-state index contributed by atoms with van der Waals surface area (Å²) in [6.07, 6.45) is 0. The van der Waals surface area contributed by atoms with Crippen LogP contribution in [-0.4, -0.2) is 115 Å². The average Bonchev–Trinajstić information content (AvgIpc) is 0. The minimum atomic E-state index is 0. The third-order valence-corrected chi connectivity index (χ3v) is 0. The van der Waals surface area contributed by atoms with Crippen LogP contribution in [0.15, 0.2) is 0 Å². The fourth-order valence-electron chi connectivity index (χ4n) is 0. The first-order valence-corrected chi connectivity index (χ1v) is 0. The van der Waals surface area contributed by atoms with Crippen molar-refractivity contribution in [1.29, 1.82) is 0 Å². The molecule has 0 N–H and O–H groups in total. The maximum atomic E-state index is 0. The second-order valence-electron chi connectivity index (χ2n) is 0. The predicted octanol–water partition coefficient (Wildman–Crippen LogP) is -3.71. The van der Waals surface area contributed by atoms with E-state index in [2.05, 4.69) is 0 Å². The molecule has 4 heavy (non-hydrogen) atoms. The second-order valence-corrected chi connectivity index (χ2v) is 0. The van der Waals surface area contributed by atoms with Crippen molar-refractivity contribution in [1.82, 2.24) is 0 Å². The Bertz CT molecular complexity index is 13.5. The molecule has 0 amide bonds. The summed E-state index contributed by atoms with van der Waals surface area (Å²) in [5.74, 6) is 0. The molecule has 0 aliphatic rings. The Morgan fingerprint density at radius 3 is 1.25 bits per heavy atom. The summed E-state index contributed by atoms with van der Waals surface area (Å²) in [6, 6.07) is 0. The zero-order chi connectivity index (χ0) is 0. The molecular weight excluding hydrogens is 575 g/mol. The van der Waals surface area contributed by atoms with Gasteiger partial charge in [-0.05, 0) is 0 Å². The molecule has 0 atom stereocenters. The topological polar surface area (TPSA) is 0 Å². The molecule has 0 saturated heterocycles. The van der Waals surface area contributed by atoms with Crippen LogP contribution in [-0.2, 0) is 0 Å². The van der Waals surface area contributed by atoms with E-state index in [1.54, 1.807) is 0 Å². The van der Waals surface area contributed by atoms with Crippen molar-refractivity contribution < 1.29 is 2.85 Å². The third-order valence-electron chi connectivity index (χ3n) is 0. The molecule has 0 aromatic heterocycles. The summed E-state index contributed by atoms with van der Waals surface area (Å²) in [6.45, 7) is 0. The Kier molecular flexibility index (Phi) is 98.1. The van der Waals surface area contributed by atoms with E-state index in [0.29, 0.717) is 0 Å². The van der Waals surface area contributed by atoms with E-state index in [-0.39, 0.29) is 118 Å². The molecule has 0 fully saturated rings. The first-order valence-electron chi connectivity index (χ1n) is 0. The summed E-state index contributed by atoms with van der Waals surface area (Å²) in [5.41, 5.74) is 0. The van der Waals surface area contributed by atoms with E-state index in [4.69, 9.17) is 0 Å². The van der Waals surface area contributed by atoms with Gasteiger partial charge in [0.05, 0.1) is 0 Å². The van der Waals surface area contributed by atoms with Gasteiger partial charge in [0.15, 0.2) is 0 Å². The Labute approximate surface area is 115 Å². The van der Waals surface area contributed by atoms with Crippen LogP contribution < -0.4 is 0 Å². The van der Waals surface area contributed by atoms with Crippen LogP contribution in [0.3, 0.4) is 0 Å². The molecule has 0 nitrogen and oxygen atoms in total. The standard InChI is InChI=1S/Bi.Ca.Pb.Sn.11H/q;+2;;;;;;;;;;;;2*-1. The van der Waals surface area contributed by atoms with Crippen LogP contribution in [0.2, 0.25) is 0 Å². The Morgan fingerprint density at radius 1 is 1.25 bits per heavy atom. The quantitative estimate of drug-likeness (QED) is 0.257. The molecule has 0 aliphatic heterocycles. The van der Waals surface area contributed by atoms with E-state index in [1.807, 2.05) is 0 Å². The Hall–Kier alpha value is 3.86. The van der Waals surface area contributed by atoms with Crippen LogP contribution >= 0.6 is 0 Å². The van der Waals surface area contributed by atoms with Crippen molar-refractivity contribution in [2.24, 2.45) is 0 Å². The van der Waals surface area contributed by atoms with Gasteiger partial charge >= 0.3 is 115 Å². The fraction of sp³-hybridized carbons (Fsp3) is 0. The van der Waals surface area contributed by atoms with Gasteiger partial charge in [-0.25, -0.2) is 0 Å². The molecular formula is H11BiCaPbSn. The van der Waals surface area contributed by atoms with Gasteiger partial charge in [-0.15, -0.1) is 0 Å². The molecule has 0 rings (SSSR count).